The summed E-state index contributed by atoms with van der Waals surface area (Å²) in [7, 11) is 1.47. The predicted octanol–water partition coefficient (Wildman–Crippen LogP) is 6.21. The molecule has 0 radical (unpaired) electrons. The smallest absolute Gasteiger partial charge is 0.416 e. The Kier molecular flexibility index (Phi) is 5.96. The minimum Gasteiger partial charge on any atom is -0.497 e. The SMILES string of the molecule is COc1cccc(NC(=O)c2ccc(C(F)(F)F)cc2Oc2ccc(F)cc2C)c1. The van der Waals surface area contributed by atoms with Crippen LogP contribution in [0.3, 0.4) is 0 Å². The summed E-state index contributed by atoms with van der Waals surface area (Å²) in [6.45, 7) is 1.54. The second-order valence-electron chi connectivity index (χ2n) is 6.41. The van der Waals surface area contributed by atoms with Gasteiger partial charge < -0.3 is 14.8 Å². The maximum absolute atomic E-state index is 13.3. The highest BCUT2D eigenvalue weighted by atomic mass is 19.4. The minimum absolute atomic E-state index is 0.116. The number of anilines is 1. The number of halogens is 4. The summed E-state index contributed by atoms with van der Waals surface area (Å²) in [5.41, 5.74) is -0.334. The van der Waals surface area contributed by atoms with Gasteiger partial charge in [0.25, 0.3) is 5.91 Å². The average Bonchev–Trinajstić information content (AvgIpc) is 2.69. The summed E-state index contributed by atoms with van der Waals surface area (Å²) < 4.78 is 63.6. The fourth-order valence-corrected chi connectivity index (χ4v) is 2.72. The van der Waals surface area contributed by atoms with Crippen LogP contribution in [0.4, 0.5) is 23.2 Å². The first-order chi connectivity index (χ1) is 14.2. The molecule has 4 nitrogen and oxygen atoms in total. The molecule has 156 valence electrons. The molecule has 3 aromatic carbocycles. The molecule has 1 amide bonds. The molecular formula is C22H17F4NO3. The van der Waals surface area contributed by atoms with E-state index in [-0.39, 0.29) is 17.1 Å². The van der Waals surface area contributed by atoms with E-state index in [1.807, 2.05) is 0 Å². The van der Waals surface area contributed by atoms with Crippen molar-refractivity contribution in [3.8, 4) is 17.2 Å². The summed E-state index contributed by atoms with van der Waals surface area (Å²) in [5.74, 6) is -0.865. The molecule has 0 fully saturated rings. The van der Waals surface area contributed by atoms with Crippen LogP contribution in [0.25, 0.3) is 0 Å². The Hall–Kier alpha value is -3.55. The third-order valence-corrected chi connectivity index (χ3v) is 4.24. The zero-order valence-electron chi connectivity index (χ0n) is 16.0. The highest BCUT2D eigenvalue weighted by Gasteiger charge is 2.32. The summed E-state index contributed by atoms with van der Waals surface area (Å²) >= 11 is 0. The fraction of sp³-hybridized carbons (Fsp3) is 0.136. The van der Waals surface area contributed by atoms with Crippen LogP contribution in [-0.2, 0) is 6.18 Å². The van der Waals surface area contributed by atoms with Crippen LogP contribution >= 0.6 is 0 Å². The van der Waals surface area contributed by atoms with E-state index in [1.54, 1.807) is 31.2 Å². The maximum atomic E-state index is 13.3. The molecule has 30 heavy (non-hydrogen) atoms. The van der Waals surface area contributed by atoms with Crippen molar-refractivity contribution in [1.82, 2.24) is 0 Å². The van der Waals surface area contributed by atoms with Crippen LogP contribution in [0.2, 0.25) is 0 Å². The van der Waals surface area contributed by atoms with Crippen molar-refractivity contribution in [1.29, 1.82) is 0 Å². The highest BCUT2D eigenvalue weighted by Crippen LogP contribution is 2.36. The van der Waals surface area contributed by atoms with Gasteiger partial charge in [0.15, 0.2) is 0 Å². The molecule has 0 atom stereocenters. The third-order valence-electron chi connectivity index (χ3n) is 4.24. The summed E-state index contributed by atoms with van der Waals surface area (Å²) in [4.78, 5) is 12.8. The number of carbonyl (C=O) groups is 1. The van der Waals surface area contributed by atoms with Crippen molar-refractivity contribution in [2.45, 2.75) is 13.1 Å². The molecule has 0 saturated heterocycles. The Labute approximate surface area is 170 Å². The molecule has 0 unspecified atom stereocenters. The van der Waals surface area contributed by atoms with Gasteiger partial charge in [0, 0.05) is 11.8 Å². The molecule has 0 bridgehead atoms. The van der Waals surface area contributed by atoms with E-state index in [4.69, 9.17) is 9.47 Å². The van der Waals surface area contributed by atoms with Crippen LogP contribution in [0, 0.1) is 12.7 Å². The summed E-state index contributed by atoms with van der Waals surface area (Å²) in [5, 5.41) is 2.60. The van der Waals surface area contributed by atoms with Gasteiger partial charge in [-0.05, 0) is 61.0 Å². The second-order valence-corrected chi connectivity index (χ2v) is 6.41. The van der Waals surface area contributed by atoms with E-state index in [0.29, 0.717) is 17.0 Å². The molecule has 0 spiro atoms. The molecule has 0 aliphatic rings. The van der Waals surface area contributed by atoms with E-state index in [2.05, 4.69) is 5.32 Å². The lowest BCUT2D eigenvalue weighted by Gasteiger charge is -2.16. The standard InChI is InChI=1S/C22H17F4NO3/c1-13-10-15(23)7-9-19(13)30-20-11-14(22(24,25)26)6-8-18(20)21(28)27-16-4-3-5-17(12-16)29-2/h3-12H,1-2H3,(H,27,28). The fourth-order valence-electron chi connectivity index (χ4n) is 2.72. The first-order valence-electron chi connectivity index (χ1n) is 8.78. The lowest BCUT2D eigenvalue weighted by molar-refractivity contribution is -0.137. The van der Waals surface area contributed by atoms with E-state index in [9.17, 15) is 22.4 Å². The van der Waals surface area contributed by atoms with Crippen LogP contribution in [-0.4, -0.2) is 13.0 Å². The summed E-state index contributed by atoms with van der Waals surface area (Å²) in [6.07, 6.45) is -4.63. The first kappa shape index (κ1) is 21.2. The van der Waals surface area contributed by atoms with Crippen molar-refractivity contribution in [3.05, 3.63) is 83.2 Å². The van der Waals surface area contributed by atoms with Gasteiger partial charge in [-0.25, -0.2) is 4.39 Å². The van der Waals surface area contributed by atoms with E-state index in [0.717, 1.165) is 24.3 Å². The topological polar surface area (TPSA) is 47.6 Å². The number of aryl methyl sites for hydroxylation is 1. The zero-order chi connectivity index (χ0) is 21.9. The molecule has 3 aromatic rings. The van der Waals surface area contributed by atoms with Gasteiger partial charge >= 0.3 is 6.18 Å². The maximum Gasteiger partial charge on any atom is 0.416 e. The first-order valence-corrected chi connectivity index (χ1v) is 8.78. The van der Waals surface area contributed by atoms with E-state index >= 15 is 0 Å². The number of amides is 1. The van der Waals surface area contributed by atoms with Gasteiger partial charge in [0.2, 0.25) is 0 Å². The van der Waals surface area contributed by atoms with Crippen LogP contribution in [0.15, 0.2) is 60.7 Å². The Morgan fingerprint density at radius 3 is 2.40 bits per heavy atom. The van der Waals surface area contributed by atoms with Crippen LogP contribution in [0.1, 0.15) is 21.5 Å². The second kappa shape index (κ2) is 8.44. The number of ether oxygens (including phenoxy) is 2. The molecule has 0 aliphatic carbocycles. The van der Waals surface area contributed by atoms with Crippen molar-refractivity contribution < 1.29 is 31.8 Å². The van der Waals surface area contributed by atoms with Crippen LogP contribution in [0.5, 0.6) is 17.2 Å². The van der Waals surface area contributed by atoms with Gasteiger partial charge in [-0.15, -0.1) is 0 Å². The lowest BCUT2D eigenvalue weighted by Crippen LogP contribution is -2.14. The highest BCUT2D eigenvalue weighted by molar-refractivity contribution is 6.06. The largest absolute Gasteiger partial charge is 0.497 e. The van der Waals surface area contributed by atoms with E-state index < -0.39 is 23.5 Å². The Morgan fingerprint density at radius 1 is 0.967 bits per heavy atom. The minimum atomic E-state index is -4.63. The Bertz CT molecular complexity index is 1080. The van der Waals surface area contributed by atoms with Crippen LogP contribution < -0.4 is 14.8 Å². The number of carbonyl (C=O) groups excluding carboxylic acids is 1. The van der Waals surface area contributed by atoms with E-state index in [1.165, 1.54) is 19.2 Å². The molecule has 3 rings (SSSR count). The van der Waals surface area contributed by atoms with Gasteiger partial charge in [0.05, 0.1) is 18.2 Å². The number of hydrogen-bond donors (Lipinski definition) is 1. The average molecular weight is 419 g/mol. The number of alkyl halides is 3. The summed E-state index contributed by atoms with van der Waals surface area (Å²) in [6, 6.07) is 12.7. The van der Waals surface area contributed by atoms with Crippen molar-refractivity contribution >= 4 is 11.6 Å². The van der Waals surface area contributed by atoms with Gasteiger partial charge in [-0.2, -0.15) is 13.2 Å². The molecule has 1 N–H and O–H groups in total. The number of nitrogens with one attached hydrogen (secondary N) is 1. The Balaban J connectivity index is 1.98. The lowest BCUT2D eigenvalue weighted by atomic mass is 10.1. The number of methoxy groups -OCH3 is 1. The van der Waals surface area contributed by atoms with Crippen molar-refractivity contribution in [2.24, 2.45) is 0 Å². The van der Waals surface area contributed by atoms with Gasteiger partial charge in [0.1, 0.15) is 23.1 Å². The van der Waals surface area contributed by atoms with Gasteiger partial charge in [-0.3, -0.25) is 4.79 Å². The molecule has 0 aliphatic heterocycles. The Morgan fingerprint density at radius 2 is 1.73 bits per heavy atom. The molecule has 0 saturated carbocycles. The number of benzene rings is 3. The number of hydrogen-bond acceptors (Lipinski definition) is 3. The molecular weight excluding hydrogens is 402 g/mol. The predicted molar refractivity (Wildman–Crippen MR) is 104 cm³/mol. The molecule has 0 aromatic heterocycles. The van der Waals surface area contributed by atoms with Crippen molar-refractivity contribution in [3.63, 3.8) is 0 Å². The quantitative estimate of drug-likeness (QED) is 0.501. The van der Waals surface area contributed by atoms with Gasteiger partial charge in [-0.1, -0.05) is 6.07 Å². The monoisotopic (exact) mass is 419 g/mol. The molecule has 8 heteroatoms. The normalized spacial score (nSPS) is 11.1. The third kappa shape index (κ3) is 4.89. The zero-order valence-corrected chi connectivity index (χ0v) is 16.0. The molecule has 0 heterocycles. The number of rotatable bonds is 5. The van der Waals surface area contributed by atoms with Crippen molar-refractivity contribution in [2.75, 3.05) is 12.4 Å².